The first kappa shape index (κ1) is 13.5. The second-order valence-electron chi connectivity index (χ2n) is 4.95. The molecule has 1 heterocycles. The van der Waals surface area contributed by atoms with Gasteiger partial charge in [0.25, 0.3) is 0 Å². The highest BCUT2D eigenvalue weighted by Gasteiger charge is 2.18. The smallest absolute Gasteiger partial charge is 0.335 e. The third kappa shape index (κ3) is 3.54. The number of anilines is 1. The van der Waals surface area contributed by atoms with Crippen LogP contribution in [0.3, 0.4) is 0 Å². The molecule has 0 aliphatic carbocycles. The molecule has 0 saturated carbocycles. The molecule has 0 aromatic heterocycles. The number of hydrogen-bond donors (Lipinski definition) is 3. The zero-order chi connectivity index (χ0) is 13.8. The Hall–Kier alpha value is -1.88. The van der Waals surface area contributed by atoms with Crippen LogP contribution in [0, 0.1) is 12.8 Å². The van der Waals surface area contributed by atoms with Gasteiger partial charge in [0.05, 0.1) is 5.56 Å². The second-order valence-corrected chi connectivity index (χ2v) is 4.95. The zero-order valence-electron chi connectivity index (χ0n) is 10.9. The number of benzene rings is 1. The molecule has 0 spiro atoms. The van der Waals surface area contributed by atoms with Crippen molar-refractivity contribution in [3.05, 3.63) is 29.3 Å². The Morgan fingerprint density at radius 1 is 1.47 bits per heavy atom. The van der Waals surface area contributed by atoms with Crippen LogP contribution in [-0.4, -0.2) is 30.1 Å². The maximum atomic E-state index is 11.8. The molecule has 1 aromatic carbocycles. The lowest BCUT2D eigenvalue weighted by Gasteiger charge is -2.10. The van der Waals surface area contributed by atoms with Crippen LogP contribution in [0.1, 0.15) is 28.8 Å². The van der Waals surface area contributed by atoms with E-state index >= 15 is 0 Å². The van der Waals surface area contributed by atoms with Gasteiger partial charge in [-0.05, 0) is 56.1 Å². The lowest BCUT2D eigenvalue weighted by Crippen LogP contribution is -2.18. The molecule has 102 valence electrons. The molecule has 3 N–H and O–H groups in total. The van der Waals surface area contributed by atoms with Crippen LogP contribution in [0.15, 0.2) is 18.2 Å². The fourth-order valence-electron chi connectivity index (χ4n) is 2.34. The number of rotatable bonds is 4. The van der Waals surface area contributed by atoms with Gasteiger partial charge in [0.1, 0.15) is 0 Å². The summed E-state index contributed by atoms with van der Waals surface area (Å²) in [6, 6.07) is 4.83. The molecule has 5 heteroatoms. The van der Waals surface area contributed by atoms with E-state index in [0.29, 0.717) is 23.6 Å². The van der Waals surface area contributed by atoms with Crippen LogP contribution >= 0.6 is 0 Å². The Labute approximate surface area is 112 Å². The molecule has 1 fully saturated rings. The molecule has 1 atom stereocenters. The largest absolute Gasteiger partial charge is 0.478 e. The van der Waals surface area contributed by atoms with E-state index in [0.717, 1.165) is 19.5 Å². The summed E-state index contributed by atoms with van der Waals surface area (Å²) in [7, 11) is 0. The minimum atomic E-state index is -0.951. The first-order valence-corrected chi connectivity index (χ1v) is 6.41. The van der Waals surface area contributed by atoms with Crippen molar-refractivity contribution in [2.45, 2.75) is 19.8 Å². The maximum absolute atomic E-state index is 11.8. The van der Waals surface area contributed by atoms with Crippen molar-refractivity contribution in [1.82, 2.24) is 5.32 Å². The molecule has 2 rings (SSSR count). The number of aryl methyl sites for hydroxylation is 1. The molecule has 1 unspecified atom stereocenters. The summed E-state index contributed by atoms with van der Waals surface area (Å²) in [4.78, 5) is 22.7. The van der Waals surface area contributed by atoms with Crippen molar-refractivity contribution in [3.63, 3.8) is 0 Å². The van der Waals surface area contributed by atoms with Gasteiger partial charge < -0.3 is 15.7 Å². The van der Waals surface area contributed by atoms with Crippen LogP contribution < -0.4 is 10.6 Å². The van der Waals surface area contributed by atoms with Gasteiger partial charge in [0, 0.05) is 12.1 Å². The Balaban J connectivity index is 1.96. The molecule has 5 nitrogen and oxygen atoms in total. The van der Waals surface area contributed by atoms with Gasteiger partial charge in [0.2, 0.25) is 5.91 Å². The highest BCUT2D eigenvalue weighted by molar-refractivity contribution is 5.93. The minimum absolute atomic E-state index is 0.0174. The number of aromatic carboxylic acids is 1. The predicted molar refractivity (Wildman–Crippen MR) is 72.4 cm³/mol. The molecule has 1 saturated heterocycles. The van der Waals surface area contributed by atoms with Gasteiger partial charge in [-0.1, -0.05) is 0 Å². The summed E-state index contributed by atoms with van der Waals surface area (Å²) >= 11 is 0. The number of amides is 1. The molecular weight excluding hydrogens is 244 g/mol. The van der Waals surface area contributed by atoms with Gasteiger partial charge in [-0.15, -0.1) is 0 Å². The average molecular weight is 262 g/mol. The van der Waals surface area contributed by atoms with Gasteiger partial charge in [-0.25, -0.2) is 4.79 Å². The van der Waals surface area contributed by atoms with E-state index < -0.39 is 5.97 Å². The van der Waals surface area contributed by atoms with Crippen molar-refractivity contribution < 1.29 is 14.7 Å². The predicted octanol–water partition coefficient (Wildman–Crippen LogP) is 1.63. The highest BCUT2D eigenvalue weighted by atomic mass is 16.4. The average Bonchev–Trinajstić information content (AvgIpc) is 2.81. The molecule has 1 aliphatic rings. The van der Waals surface area contributed by atoms with Crippen LogP contribution in [0.25, 0.3) is 0 Å². The minimum Gasteiger partial charge on any atom is -0.478 e. The normalized spacial score (nSPS) is 18.3. The topological polar surface area (TPSA) is 78.4 Å². The van der Waals surface area contributed by atoms with Crippen molar-refractivity contribution in [2.75, 3.05) is 18.4 Å². The third-order valence-electron chi connectivity index (χ3n) is 3.38. The summed E-state index contributed by atoms with van der Waals surface area (Å²) in [5.41, 5.74) is 1.56. The lowest BCUT2D eigenvalue weighted by atomic mass is 10.0. The maximum Gasteiger partial charge on any atom is 0.335 e. The molecule has 19 heavy (non-hydrogen) atoms. The zero-order valence-corrected chi connectivity index (χ0v) is 10.9. The molecule has 1 aromatic rings. The van der Waals surface area contributed by atoms with E-state index in [-0.39, 0.29) is 11.5 Å². The van der Waals surface area contributed by atoms with Crippen molar-refractivity contribution in [2.24, 2.45) is 5.92 Å². The van der Waals surface area contributed by atoms with Crippen LogP contribution in [-0.2, 0) is 4.79 Å². The Kier molecular flexibility index (Phi) is 4.16. The van der Waals surface area contributed by atoms with E-state index in [1.165, 1.54) is 6.07 Å². The fourth-order valence-corrected chi connectivity index (χ4v) is 2.34. The monoisotopic (exact) mass is 262 g/mol. The number of hydrogen-bond acceptors (Lipinski definition) is 3. The van der Waals surface area contributed by atoms with Crippen LogP contribution in [0.2, 0.25) is 0 Å². The van der Waals surface area contributed by atoms with Crippen LogP contribution in [0.5, 0.6) is 0 Å². The molecule has 0 radical (unpaired) electrons. The highest BCUT2D eigenvalue weighted by Crippen LogP contribution is 2.17. The van der Waals surface area contributed by atoms with Gasteiger partial charge in [-0.3, -0.25) is 4.79 Å². The Bertz CT molecular complexity index is 493. The summed E-state index contributed by atoms with van der Waals surface area (Å²) in [6.07, 6.45) is 1.54. The van der Waals surface area contributed by atoms with Crippen molar-refractivity contribution in [1.29, 1.82) is 0 Å². The number of nitrogens with one attached hydrogen (secondary N) is 2. The van der Waals surface area contributed by atoms with Gasteiger partial charge in [0.15, 0.2) is 0 Å². The summed E-state index contributed by atoms with van der Waals surface area (Å²) in [5.74, 6) is -0.567. The molecule has 1 amide bonds. The molecular formula is C14H18N2O3. The van der Waals surface area contributed by atoms with Crippen LogP contribution in [0.4, 0.5) is 5.69 Å². The quantitative estimate of drug-likeness (QED) is 0.770. The van der Waals surface area contributed by atoms with E-state index in [1.54, 1.807) is 19.1 Å². The van der Waals surface area contributed by atoms with E-state index in [2.05, 4.69) is 10.6 Å². The fraction of sp³-hybridized carbons (Fsp3) is 0.429. The van der Waals surface area contributed by atoms with E-state index in [1.807, 2.05) is 0 Å². The Morgan fingerprint density at radius 3 is 2.84 bits per heavy atom. The standard InChI is InChI=1S/C14H18N2O3/c1-9-6-11(2-3-12(9)14(18)19)16-13(17)7-10-4-5-15-8-10/h2-3,6,10,15H,4-5,7-8H2,1H3,(H,16,17)(H,18,19). The summed E-state index contributed by atoms with van der Waals surface area (Å²) in [5, 5.41) is 15.0. The number of carbonyl (C=O) groups excluding carboxylic acids is 1. The van der Waals surface area contributed by atoms with E-state index in [9.17, 15) is 9.59 Å². The first-order chi connectivity index (χ1) is 9.06. The van der Waals surface area contributed by atoms with E-state index in [4.69, 9.17) is 5.11 Å². The first-order valence-electron chi connectivity index (χ1n) is 6.41. The van der Waals surface area contributed by atoms with Crippen molar-refractivity contribution in [3.8, 4) is 0 Å². The number of carbonyl (C=O) groups is 2. The Morgan fingerprint density at radius 2 is 2.26 bits per heavy atom. The van der Waals surface area contributed by atoms with Gasteiger partial charge >= 0.3 is 5.97 Å². The summed E-state index contributed by atoms with van der Waals surface area (Å²) < 4.78 is 0. The SMILES string of the molecule is Cc1cc(NC(=O)CC2CCNC2)ccc1C(=O)O. The lowest BCUT2D eigenvalue weighted by molar-refractivity contribution is -0.116. The number of carboxylic acids is 1. The third-order valence-corrected chi connectivity index (χ3v) is 3.38. The second kappa shape index (κ2) is 5.84. The van der Waals surface area contributed by atoms with Gasteiger partial charge in [-0.2, -0.15) is 0 Å². The molecule has 0 bridgehead atoms. The van der Waals surface area contributed by atoms with Crippen molar-refractivity contribution >= 4 is 17.6 Å². The number of carboxylic acid groups (broad SMARTS) is 1. The molecule has 1 aliphatic heterocycles. The summed E-state index contributed by atoms with van der Waals surface area (Å²) in [6.45, 7) is 3.59.